The molecular weight excluding hydrogens is 188 g/mol. The van der Waals surface area contributed by atoms with Crippen LogP contribution in [0.3, 0.4) is 0 Å². The molecule has 1 aromatic rings. The summed E-state index contributed by atoms with van der Waals surface area (Å²) >= 11 is 0. The monoisotopic (exact) mass is 206 g/mol. The topological polar surface area (TPSA) is 26.3 Å². The molecule has 0 aliphatic carbocycles. The molecule has 1 aromatic carbocycles. The molecule has 0 saturated carbocycles. The average molecular weight is 206 g/mol. The van der Waals surface area contributed by atoms with Crippen LogP contribution >= 0.6 is 0 Å². The fraction of sp³-hybridized carbons (Fsp3) is 0.462. The van der Waals surface area contributed by atoms with Crippen molar-refractivity contribution in [2.45, 2.75) is 39.7 Å². The fourth-order valence-corrected chi connectivity index (χ4v) is 1.49. The van der Waals surface area contributed by atoms with Crippen LogP contribution in [0.1, 0.15) is 31.4 Å². The van der Waals surface area contributed by atoms with E-state index in [0.29, 0.717) is 0 Å². The Labute approximate surface area is 91.3 Å². The van der Waals surface area contributed by atoms with Crippen molar-refractivity contribution in [1.82, 2.24) is 0 Å². The summed E-state index contributed by atoms with van der Waals surface area (Å²) in [4.78, 5) is 10.8. The van der Waals surface area contributed by atoms with Gasteiger partial charge in [-0.3, -0.25) is 4.79 Å². The Bertz CT molecular complexity index is 314. The molecule has 0 fully saturated rings. The van der Waals surface area contributed by atoms with Crippen LogP contribution in [0.25, 0.3) is 0 Å². The fourth-order valence-electron chi connectivity index (χ4n) is 1.49. The van der Waals surface area contributed by atoms with Gasteiger partial charge in [0.15, 0.2) is 0 Å². The van der Waals surface area contributed by atoms with E-state index in [1.54, 1.807) is 0 Å². The molecule has 0 saturated heterocycles. The lowest BCUT2D eigenvalue weighted by atomic mass is 10.0. The number of hydrogen-bond donors (Lipinski definition) is 0. The molecule has 1 rings (SSSR count). The first-order chi connectivity index (χ1) is 7.11. The molecule has 82 valence electrons. The van der Waals surface area contributed by atoms with E-state index >= 15 is 0 Å². The minimum Gasteiger partial charge on any atom is -0.462 e. The first-order valence-electron chi connectivity index (χ1n) is 5.34. The van der Waals surface area contributed by atoms with Crippen molar-refractivity contribution in [2.24, 2.45) is 0 Å². The summed E-state index contributed by atoms with van der Waals surface area (Å²) in [5, 5.41) is 0. The van der Waals surface area contributed by atoms with Crippen LogP contribution in [0.5, 0.6) is 0 Å². The standard InChI is InChI=1S/C13H18O2/c1-4-13(15-11(3)14)9-12-7-5-10(2)6-8-12/h5-8,13H,4,9H2,1-3H3. The summed E-state index contributed by atoms with van der Waals surface area (Å²) in [7, 11) is 0. The number of aryl methyl sites for hydroxylation is 1. The highest BCUT2D eigenvalue weighted by Crippen LogP contribution is 2.10. The van der Waals surface area contributed by atoms with Crippen molar-refractivity contribution in [3.63, 3.8) is 0 Å². The molecular formula is C13H18O2. The van der Waals surface area contributed by atoms with Gasteiger partial charge in [-0.05, 0) is 18.9 Å². The molecule has 0 aromatic heterocycles. The Kier molecular flexibility index (Phi) is 4.35. The molecule has 0 heterocycles. The number of hydrogen-bond acceptors (Lipinski definition) is 2. The molecule has 0 aliphatic rings. The first kappa shape index (κ1) is 11.8. The van der Waals surface area contributed by atoms with Crippen molar-refractivity contribution in [3.05, 3.63) is 35.4 Å². The molecule has 1 atom stereocenters. The van der Waals surface area contributed by atoms with Gasteiger partial charge in [0.2, 0.25) is 0 Å². The number of carbonyl (C=O) groups excluding carboxylic acids is 1. The number of rotatable bonds is 4. The Hall–Kier alpha value is -1.31. The highest BCUT2D eigenvalue weighted by molar-refractivity contribution is 5.66. The van der Waals surface area contributed by atoms with Gasteiger partial charge in [-0.2, -0.15) is 0 Å². The van der Waals surface area contributed by atoms with E-state index in [1.165, 1.54) is 18.1 Å². The highest BCUT2D eigenvalue weighted by Gasteiger charge is 2.09. The molecule has 0 spiro atoms. The van der Waals surface area contributed by atoms with Crippen molar-refractivity contribution < 1.29 is 9.53 Å². The lowest BCUT2D eigenvalue weighted by Gasteiger charge is -2.14. The maximum absolute atomic E-state index is 10.8. The Balaban J connectivity index is 2.58. The zero-order chi connectivity index (χ0) is 11.3. The summed E-state index contributed by atoms with van der Waals surface area (Å²) in [5.74, 6) is -0.200. The third-order valence-electron chi connectivity index (χ3n) is 2.37. The zero-order valence-corrected chi connectivity index (χ0v) is 9.62. The van der Waals surface area contributed by atoms with Gasteiger partial charge in [0.1, 0.15) is 6.10 Å². The van der Waals surface area contributed by atoms with Gasteiger partial charge in [0, 0.05) is 13.3 Å². The summed E-state index contributed by atoms with van der Waals surface area (Å²) in [6.45, 7) is 5.55. The minimum atomic E-state index is -0.200. The molecule has 0 N–H and O–H groups in total. The van der Waals surface area contributed by atoms with E-state index in [2.05, 4.69) is 31.2 Å². The second-order valence-corrected chi connectivity index (χ2v) is 3.83. The van der Waals surface area contributed by atoms with Gasteiger partial charge in [0.05, 0.1) is 0 Å². The van der Waals surface area contributed by atoms with Gasteiger partial charge < -0.3 is 4.74 Å². The Morgan fingerprint density at radius 3 is 2.40 bits per heavy atom. The number of esters is 1. The van der Waals surface area contributed by atoms with Crippen LogP contribution in [0.15, 0.2) is 24.3 Å². The van der Waals surface area contributed by atoms with Crippen molar-refractivity contribution in [3.8, 4) is 0 Å². The zero-order valence-electron chi connectivity index (χ0n) is 9.62. The van der Waals surface area contributed by atoms with Crippen LogP contribution in [0.4, 0.5) is 0 Å². The van der Waals surface area contributed by atoms with Crippen LogP contribution in [-0.4, -0.2) is 12.1 Å². The minimum absolute atomic E-state index is 0.00482. The second-order valence-electron chi connectivity index (χ2n) is 3.83. The van der Waals surface area contributed by atoms with Gasteiger partial charge >= 0.3 is 5.97 Å². The van der Waals surface area contributed by atoms with Crippen LogP contribution in [-0.2, 0) is 16.0 Å². The third kappa shape index (κ3) is 4.15. The lowest BCUT2D eigenvalue weighted by molar-refractivity contribution is -0.146. The number of benzene rings is 1. The van der Waals surface area contributed by atoms with Crippen LogP contribution in [0.2, 0.25) is 0 Å². The molecule has 0 bridgehead atoms. The largest absolute Gasteiger partial charge is 0.462 e. The number of carbonyl (C=O) groups is 1. The smallest absolute Gasteiger partial charge is 0.302 e. The van der Waals surface area contributed by atoms with Crippen molar-refractivity contribution >= 4 is 5.97 Å². The Morgan fingerprint density at radius 2 is 1.93 bits per heavy atom. The van der Waals surface area contributed by atoms with E-state index in [1.807, 2.05) is 6.92 Å². The molecule has 0 radical (unpaired) electrons. The summed E-state index contributed by atoms with van der Waals surface area (Å²) in [6.07, 6.45) is 1.66. The van der Waals surface area contributed by atoms with Gasteiger partial charge in [-0.1, -0.05) is 36.8 Å². The van der Waals surface area contributed by atoms with E-state index in [-0.39, 0.29) is 12.1 Å². The van der Waals surface area contributed by atoms with E-state index < -0.39 is 0 Å². The van der Waals surface area contributed by atoms with Crippen molar-refractivity contribution in [2.75, 3.05) is 0 Å². The average Bonchev–Trinajstić information content (AvgIpc) is 2.19. The van der Waals surface area contributed by atoms with Gasteiger partial charge in [-0.15, -0.1) is 0 Å². The van der Waals surface area contributed by atoms with E-state index in [0.717, 1.165) is 12.8 Å². The van der Waals surface area contributed by atoms with E-state index in [9.17, 15) is 4.79 Å². The summed E-state index contributed by atoms with van der Waals surface area (Å²) < 4.78 is 5.19. The predicted octanol–water partition coefficient (Wildman–Crippen LogP) is 2.88. The molecule has 0 aliphatic heterocycles. The molecule has 2 heteroatoms. The van der Waals surface area contributed by atoms with Crippen molar-refractivity contribution in [1.29, 1.82) is 0 Å². The molecule has 15 heavy (non-hydrogen) atoms. The van der Waals surface area contributed by atoms with Crippen LogP contribution in [0, 0.1) is 6.92 Å². The van der Waals surface area contributed by atoms with Gasteiger partial charge in [0.25, 0.3) is 0 Å². The lowest BCUT2D eigenvalue weighted by Crippen LogP contribution is -2.17. The molecule has 0 amide bonds. The molecule has 1 unspecified atom stereocenters. The first-order valence-corrected chi connectivity index (χ1v) is 5.34. The number of ether oxygens (including phenoxy) is 1. The maximum atomic E-state index is 10.8. The Morgan fingerprint density at radius 1 is 1.33 bits per heavy atom. The van der Waals surface area contributed by atoms with Crippen LogP contribution < -0.4 is 0 Å². The third-order valence-corrected chi connectivity index (χ3v) is 2.37. The molecule has 2 nitrogen and oxygen atoms in total. The SMILES string of the molecule is CCC(Cc1ccc(C)cc1)OC(C)=O. The maximum Gasteiger partial charge on any atom is 0.302 e. The predicted molar refractivity (Wildman–Crippen MR) is 60.7 cm³/mol. The second kappa shape index (κ2) is 5.54. The summed E-state index contributed by atoms with van der Waals surface area (Å²) in [6, 6.07) is 8.33. The normalized spacial score (nSPS) is 12.2. The van der Waals surface area contributed by atoms with E-state index in [4.69, 9.17) is 4.74 Å². The van der Waals surface area contributed by atoms with Gasteiger partial charge in [-0.25, -0.2) is 0 Å². The highest BCUT2D eigenvalue weighted by atomic mass is 16.5. The quantitative estimate of drug-likeness (QED) is 0.708. The summed E-state index contributed by atoms with van der Waals surface area (Å²) in [5.41, 5.74) is 2.47.